The lowest BCUT2D eigenvalue weighted by Crippen LogP contribution is -2.52. The van der Waals surface area contributed by atoms with Crippen LogP contribution in [0.1, 0.15) is 5.56 Å². The van der Waals surface area contributed by atoms with Gasteiger partial charge in [0.1, 0.15) is 5.82 Å². The zero-order valence-corrected chi connectivity index (χ0v) is 10.1. The van der Waals surface area contributed by atoms with Crippen LogP contribution in [0, 0.1) is 0 Å². The number of hydrazine groups is 1. The highest BCUT2D eigenvalue weighted by molar-refractivity contribution is 6.35. The van der Waals surface area contributed by atoms with Crippen molar-refractivity contribution in [2.24, 2.45) is 5.84 Å². The number of hydrogen-bond donors (Lipinski definition) is 2. The van der Waals surface area contributed by atoms with E-state index in [9.17, 15) is 9.59 Å². The Bertz CT molecular complexity index is 459. The Kier molecular flexibility index (Phi) is 3.42. The number of amides is 2. The normalized spacial score (nSPS) is 16.1. The molecule has 1 aliphatic rings. The van der Waals surface area contributed by atoms with Gasteiger partial charge >= 0.3 is 11.8 Å². The van der Waals surface area contributed by atoms with Crippen LogP contribution in [0.15, 0.2) is 18.3 Å². The van der Waals surface area contributed by atoms with Gasteiger partial charge in [0.25, 0.3) is 0 Å². The molecular formula is C11H15N5O2. The second kappa shape index (κ2) is 5.01. The van der Waals surface area contributed by atoms with Gasteiger partial charge in [0.05, 0.1) is 0 Å². The van der Waals surface area contributed by atoms with Crippen molar-refractivity contribution in [1.82, 2.24) is 14.8 Å². The van der Waals surface area contributed by atoms with E-state index in [1.54, 1.807) is 19.3 Å². The minimum Gasteiger partial charge on any atom is -0.336 e. The first-order chi connectivity index (χ1) is 8.61. The third-order valence-electron chi connectivity index (χ3n) is 2.87. The Hall–Kier alpha value is -2.15. The molecule has 0 saturated carbocycles. The summed E-state index contributed by atoms with van der Waals surface area (Å²) in [4.78, 5) is 30.3. The molecular weight excluding hydrogens is 234 g/mol. The molecule has 0 aromatic carbocycles. The van der Waals surface area contributed by atoms with Crippen molar-refractivity contribution in [3.05, 3.63) is 23.9 Å². The predicted octanol–water partition coefficient (Wildman–Crippen LogP) is -0.832. The van der Waals surface area contributed by atoms with E-state index >= 15 is 0 Å². The van der Waals surface area contributed by atoms with E-state index < -0.39 is 11.8 Å². The summed E-state index contributed by atoms with van der Waals surface area (Å²) < 4.78 is 0. The molecule has 2 amide bonds. The van der Waals surface area contributed by atoms with E-state index in [0.29, 0.717) is 25.5 Å². The maximum Gasteiger partial charge on any atom is 0.312 e. The van der Waals surface area contributed by atoms with E-state index in [1.165, 1.54) is 9.80 Å². The molecule has 0 aliphatic carbocycles. The molecule has 2 rings (SSSR count). The Morgan fingerprint density at radius 1 is 1.33 bits per heavy atom. The highest BCUT2D eigenvalue weighted by Gasteiger charge is 2.29. The number of anilines is 1. The first kappa shape index (κ1) is 12.3. The van der Waals surface area contributed by atoms with Gasteiger partial charge in [0, 0.05) is 32.9 Å². The summed E-state index contributed by atoms with van der Waals surface area (Å²) >= 11 is 0. The van der Waals surface area contributed by atoms with Crippen molar-refractivity contribution in [2.75, 3.05) is 25.6 Å². The van der Waals surface area contributed by atoms with Crippen molar-refractivity contribution < 1.29 is 9.59 Å². The van der Waals surface area contributed by atoms with E-state index in [0.717, 1.165) is 5.56 Å². The molecule has 0 bridgehead atoms. The van der Waals surface area contributed by atoms with E-state index in [4.69, 9.17) is 5.84 Å². The van der Waals surface area contributed by atoms with Crippen molar-refractivity contribution in [1.29, 1.82) is 0 Å². The quantitative estimate of drug-likeness (QED) is 0.414. The monoisotopic (exact) mass is 249 g/mol. The molecule has 1 fully saturated rings. The largest absolute Gasteiger partial charge is 0.336 e. The summed E-state index contributed by atoms with van der Waals surface area (Å²) in [5, 5.41) is 0. The molecule has 0 spiro atoms. The summed E-state index contributed by atoms with van der Waals surface area (Å²) in [7, 11) is 1.63. The number of carbonyl (C=O) groups is 2. The van der Waals surface area contributed by atoms with Gasteiger partial charge in [0.2, 0.25) is 0 Å². The van der Waals surface area contributed by atoms with Crippen LogP contribution in [0.4, 0.5) is 5.82 Å². The Labute approximate surface area is 105 Å². The number of nitrogens with zero attached hydrogens (tertiary/aromatic N) is 3. The van der Waals surface area contributed by atoms with Gasteiger partial charge < -0.3 is 15.2 Å². The van der Waals surface area contributed by atoms with Gasteiger partial charge in [-0.3, -0.25) is 9.59 Å². The van der Waals surface area contributed by atoms with Crippen LogP contribution in [0.2, 0.25) is 0 Å². The number of nitrogens with two attached hydrogens (primary N) is 1. The van der Waals surface area contributed by atoms with Crippen LogP contribution in [-0.4, -0.2) is 46.7 Å². The van der Waals surface area contributed by atoms with E-state index in [2.05, 4.69) is 10.4 Å². The van der Waals surface area contributed by atoms with Crippen LogP contribution in [0.5, 0.6) is 0 Å². The fourth-order valence-corrected chi connectivity index (χ4v) is 1.75. The van der Waals surface area contributed by atoms with Crippen molar-refractivity contribution in [2.45, 2.75) is 6.54 Å². The SMILES string of the molecule is CN1CCN(Cc2ccc(NN)nc2)C(=O)C1=O. The minimum absolute atomic E-state index is 0.385. The highest BCUT2D eigenvalue weighted by Crippen LogP contribution is 2.10. The molecule has 1 aliphatic heterocycles. The minimum atomic E-state index is -0.468. The molecule has 0 atom stereocenters. The Balaban J connectivity index is 2.04. The second-order valence-electron chi connectivity index (χ2n) is 4.15. The lowest BCUT2D eigenvalue weighted by molar-refractivity contribution is -0.155. The van der Waals surface area contributed by atoms with Gasteiger partial charge in [0.15, 0.2) is 0 Å². The number of aromatic nitrogens is 1. The zero-order chi connectivity index (χ0) is 13.1. The number of nitrogen functional groups attached to an aromatic ring is 1. The molecule has 3 N–H and O–H groups in total. The van der Waals surface area contributed by atoms with Crippen molar-refractivity contribution in [3.63, 3.8) is 0 Å². The van der Waals surface area contributed by atoms with Gasteiger partial charge in [-0.1, -0.05) is 6.07 Å². The topological polar surface area (TPSA) is 91.6 Å². The summed E-state index contributed by atoms with van der Waals surface area (Å²) in [6.45, 7) is 1.48. The summed E-state index contributed by atoms with van der Waals surface area (Å²) in [6, 6.07) is 3.54. The molecule has 96 valence electrons. The van der Waals surface area contributed by atoms with Crippen LogP contribution in [0.25, 0.3) is 0 Å². The summed E-state index contributed by atoms with van der Waals surface area (Å²) in [6.07, 6.45) is 1.63. The first-order valence-corrected chi connectivity index (χ1v) is 5.57. The molecule has 1 aromatic heterocycles. The lowest BCUT2D eigenvalue weighted by Gasteiger charge is -2.31. The smallest absolute Gasteiger partial charge is 0.312 e. The standard InChI is InChI=1S/C11H15N5O2/c1-15-4-5-16(11(18)10(15)17)7-8-2-3-9(14-12)13-6-8/h2-3,6H,4-5,7,12H2,1H3,(H,13,14). The number of pyridine rings is 1. The predicted molar refractivity (Wildman–Crippen MR) is 65.1 cm³/mol. The molecule has 18 heavy (non-hydrogen) atoms. The van der Waals surface area contributed by atoms with E-state index in [1.807, 2.05) is 6.07 Å². The number of rotatable bonds is 3. The molecule has 0 unspecified atom stereocenters. The lowest BCUT2D eigenvalue weighted by atomic mass is 10.2. The number of piperazine rings is 1. The van der Waals surface area contributed by atoms with Gasteiger partial charge in [-0.25, -0.2) is 10.8 Å². The first-order valence-electron chi connectivity index (χ1n) is 5.57. The summed E-state index contributed by atoms with van der Waals surface area (Å²) in [5.41, 5.74) is 3.29. The Morgan fingerprint density at radius 2 is 2.11 bits per heavy atom. The molecule has 1 aromatic rings. The number of likely N-dealkylation sites (N-methyl/N-ethyl adjacent to an activating group) is 1. The number of nitrogens with one attached hydrogen (secondary N) is 1. The zero-order valence-electron chi connectivity index (χ0n) is 10.1. The van der Waals surface area contributed by atoms with E-state index in [-0.39, 0.29) is 0 Å². The molecule has 7 nitrogen and oxygen atoms in total. The highest BCUT2D eigenvalue weighted by atomic mass is 16.2. The van der Waals surface area contributed by atoms with Crippen LogP contribution < -0.4 is 11.3 Å². The molecule has 1 saturated heterocycles. The average Bonchev–Trinajstić information content (AvgIpc) is 2.40. The van der Waals surface area contributed by atoms with Gasteiger partial charge in [-0.05, 0) is 11.6 Å². The third kappa shape index (κ3) is 2.40. The van der Waals surface area contributed by atoms with Crippen molar-refractivity contribution >= 4 is 17.6 Å². The molecule has 7 heteroatoms. The maximum atomic E-state index is 11.7. The van der Waals surface area contributed by atoms with Crippen LogP contribution in [-0.2, 0) is 16.1 Å². The Morgan fingerprint density at radius 3 is 2.72 bits per heavy atom. The fourth-order valence-electron chi connectivity index (χ4n) is 1.75. The van der Waals surface area contributed by atoms with Gasteiger partial charge in [-0.15, -0.1) is 0 Å². The summed E-state index contributed by atoms with van der Waals surface area (Å²) in [5.74, 6) is 4.84. The second-order valence-corrected chi connectivity index (χ2v) is 4.15. The average molecular weight is 249 g/mol. The van der Waals surface area contributed by atoms with Gasteiger partial charge in [-0.2, -0.15) is 0 Å². The number of carbonyl (C=O) groups excluding carboxylic acids is 2. The maximum absolute atomic E-state index is 11.7. The number of hydrogen-bond acceptors (Lipinski definition) is 5. The third-order valence-corrected chi connectivity index (χ3v) is 2.87. The van der Waals surface area contributed by atoms with Crippen LogP contribution >= 0.6 is 0 Å². The molecule has 0 radical (unpaired) electrons. The molecule has 2 heterocycles. The fraction of sp³-hybridized carbons (Fsp3) is 0.364. The van der Waals surface area contributed by atoms with Crippen LogP contribution in [0.3, 0.4) is 0 Å². The van der Waals surface area contributed by atoms with Crippen molar-refractivity contribution in [3.8, 4) is 0 Å².